The van der Waals surface area contributed by atoms with E-state index >= 15 is 0 Å². The predicted molar refractivity (Wildman–Crippen MR) is 259 cm³/mol. The van der Waals surface area contributed by atoms with Gasteiger partial charge in [-0.3, -0.25) is 9.55 Å². The van der Waals surface area contributed by atoms with Crippen LogP contribution in [0.25, 0.3) is 83.6 Å². The number of nitrogens with zero attached hydrogens (tertiary/aromatic N) is 5. The van der Waals surface area contributed by atoms with E-state index in [2.05, 4.69) is 216 Å². The van der Waals surface area contributed by atoms with Crippen molar-refractivity contribution in [3.63, 3.8) is 0 Å². The molecule has 0 fully saturated rings. The first kappa shape index (κ1) is 36.6. The normalized spacial score (nSPS) is 11.8. The Bertz CT molecular complexity index is 3490. The molecule has 0 saturated heterocycles. The van der Waals surface area contributed by atoms with Crippen LogP contribution in [0.2, 0.25) is 0 Å². The van der Waals surface area contributed by atoms with E-state index in [0.717, 1.165) is 66.0 Å². The molecule has 296 valence electrons. The molecule has 0 aliphatic carbocycles. The van der Waals surface area contributed by atoms with Gasteiger partial charge in [-0.25, -0.2) is 4.98 Å². The molecule has 0 N–H and O–H groups in total. The number of rotatable bonds is 8. The summed E-state index contributed by atoms with van der Waals surface area (Å²) in [5.74, 6) is 1.71. The average molecular weight is 824 g/mol. The first-order chi connectivity index (χ1) is 31.2. The summed E-state index contributed by atoms with van der Waals surface area (Å²) in [5, 5.41) is 9.43. The highest BCUT2D eigenvalue weighted by Crippen LogP contribution is 2.37. The van der Waals surface area contributed by atoms with Gasteiger partial charge in [0, 0.05) is 50.6 Å². The molecule has 0 spiro atoms. The van der Waals surface area contributed by atoms with Crippen molar-refractivity contribution in [3.05, 3.63) is 225 Å². The van der Waals surface area contributed by atoms with Crippen LogP contribution in [0.4, 0.5) is 0 Å². The van der Waals surface area contributed by atoms with Crippen LogP contribution in [-0.2, 0) is 0 Å². The molecule has 12 aromatic rings. The Morgan fingerprint density at radius 3 is 1.54 bits per heavy atom. The Kier molecular flexibility index (Phi) is 8.72. The number of para-hydroxylation sites is 3. The van der Waals surface area contributed by atoms with Crippen LogP contribution in [0.1, 0.15) is 0 Å². The van der Waals surface area contributed by atoms with E-state index in [1.807, 2.05) is 12.3 Å². The van der Waals surface area contributed by atoms with Crippen LogP contribution in [0.5, 0.6) is 0 Å². The maximum absolute atomic E-state index is 6.46. The van der Waals surface area contributed by atoms with Gasteiger partial charge in [0.05, 0.1) is 11.0 Å². The first-order valence-corrected chi connectivity index (χ1v) is 23.1. The van der Waals surface area contributed by atoms with Gasteiger partial charge in [0.25, 0.3) is 0 Å². The van der Waals surface area contributed by atoms with E-state index in [-0.39, 0.29) is 0 Å². The van der Waals surface area contributed by atoms with Gasteiger partial charge in [-0.2, -0.15) is 9.97 Å². The summed E-state index contributed by atoms with van der Waals surface area (Å²) >= 11 is 0. The minimum absolute atomic E-state index is 0.549. The van der Waals surface area contributed by atoms with Crippen molar-refractivity contribution in [2.45, 2.75) is 0 Å². The van der Waals surface area contributed by atoms with Gasteiger partial charge in [-0.05, 0) is 50.6 Å². The Morgan fingerprint density at radius 1 is 0.397 bits per heavy atom. The number of pyridine rings is 1. The summed E-state index contributed by atoms with van der Waals surface area (Å²) in [6.45, 7) is 0. The molecular formula is C56H37N5OSi. The van der Waals surface area contributed by atoms with Gasteiger partial charge < -0.3 is 4.42 Å². The molecule has 7 heteroatoms. The van der Waals surface area contributed by atoms with E-state index in [1.165, 1.54) is 20.7 Å². The quantitative estimate of drug-likeness (QED) is 0.113. The summed E-state index contributed by atoms with van der Waals surface area (Å²) < 4.78 is 8.64. The van der Waals surface area contributed by atoms with Crippen molar-refractivity contribution in [2.75, 3.05) is 0 Å². The molecule has 0 aliphatic heterocycles. The predicted octanol–water partition coefficient (Wildman–Crippen LogP) is 10.6. The first-order valence-electron chi connectivity index (χ1n) is 21.1. The summed E-state index contributed by atoms with van der Waals surface area (Å²) in [6.07, 6.45) is 3.63. The Labute approximate surface area is 364 Å². The molecule has 4 aromatic heterocycles. The second-order valence-electron chi connectivity index (χ2n) is 15.8. The Hall–Kier alpha value is -8.26. The van der Waals surface area contributed by atoms with Crippen molar-refractivity contribution in [3.8, 4) is 39.9 Å². The minimum atomic E-state index is -2.85. The van der Waals surface area contributed by atoms with Gasteiger partial charge in [0.1, 0.15) is 11.2 Å². The van der Waals surface area contributed by atoms with Crippen LogP contribution < -0.4 is 20.7 Å². The van der Waals surface area contributed by atoms with E-state index in [9.17, 15) is 0 Å². The fourth-order valence-corrected chi connectivity index (χ4v) is 14.3. The summed E-state index contributed by atoms with van der Waals surface area (Å²) in [4.78, 5) is 20.5. The smallest absolute Gasteiger partial charge is 0.238 e. The maximum Gasteiger partial charge on any atom is 0.238 e. The lowest BCUT2D eigenvalue weighted by Gasteiger charge is -2.34. The van der Waals surface area contributed by atoms with E-state index < -0.39 is 8.07 Å². The zero-order valence-electron chi connectivity index (χ0n) is 34.0. The molecule has 0 saturated carbocycles. The highest BCUT2D eigenvalue weighted by atomic mass is 28.3. The van der Waals surface area contributed by atoms with Crippen molar-refractivity contribution < 1.29 is 4.42 Å². The number of fused-ring (bicyclic) bond motifs is 6. The van der Waals surface area contributed by atoms with E-state index in [0.29, 0.717) is 17.6 Å². The van der Waals surface area contributed by atoms with Gasteiger partial charge in [0.2, 0.25) is 5.95 Å². The molecule has 12 rings (SSSR count). The fourth-order valence-electron chi connectivity index (χ4n) is 9.51. The van der Waals surface area contributed by atoms with Crippen LogP contribution in [0, 0.1) is 0 Å². The van der Waals surface area contributed by atoms with Gasteiger partial charge >= 0.3 is 0 Å². The van der Waals surface area contributed by atoms with Crippen LogP contribution >= 0.6 is 0 Å². The second-order valence-corrected chi connectivity index (χ2v) is 19.6. The van der Waals surface area contributed by atoms with Gasteiger partial charge in [-0.1, -0.05) is 188 Å². The number of hydrogen-bond acceptors (Lipinski definition) is 5. The van der Waals surface area contributed by atoms with Crippen molar-refractivity contribution in [1.29, 1.82) is 0 Å². The Morgan fingerprint density at radius 2 is 0.905 bits per heavy atom. The third-order valence-electron chi connectivity index (χ3n) is 12.3. The second kappa shape index (κ2) is 15.0. The molecule has 0 aliphatic rings. The lowest BCUT2D eigenvalue weighted by Crippen LogP contribution is -2.74. The lowest BCUT2D eigenvalue weighted by atomic mass is 10.0. The Balaban J connectivity index is 1.10. The standard InChI is InChI=1S/C56H37N5OSi/c1-4-20-41(21-5-1)63(42-22-6-2-7-23-42,43-24-8-3-9-25-43)44-26-15-19-40(36-44)55-58-54(59-56(60-55)61-50-31-12-10-27-46(50)47-28-11-13-32-51(47)61)39-18-14-17-38(35-39)45-29-16-30-48-49-37-57-34-33-52(49)62-53(45)48/h1-37H. The minimum Gasteiger partial charge on any atom is -0.455 e. The van der Waals surface area contributed by atoms with Gasteiger partial charge in [0.15, 0.2) is 19.7 Å². The lowest BCUT2D eigenvalue weighted by molar-refractivity contribution is 0.669. The molecule has 0 unspecified atom stereocenters. The zero-order chi connectivity index (χ0) is 41.7. The monoisotopic (exact) mass is 823 g/mol. The summed E-state index contributed by atoms with van der Waals surface area (Å²) in [5.41, 5.74) is 7.44. The molecule has 0 atom stereocenters. The topological polar surface area (TPSA) is 69.6 Å². The van der Waals surface area contributed by atoms with Crippen molar-refractivity contribution >= 4 is 72.6 Å². The number of benzene rings is 8. The van der Waals surface area contributed by atoms with E-state index in [1.54, 1.807) is 6.20 Å². The average Bonchev–Trinajstić information content (AvgIpc) is 3.92. The van der Waals surface area contributed by atoms with Crippen molar-refractivity contribution in [1.82, 2.24) is 24.5 Å². The van der Waals surface area contributed by atoms with Crippen LogP contribution in [-0.4, -0.2) is 32.6 Å². The summed E-state index contributed by atoms with van der Waals surface area (Å²) in [6, 6.07) is 75.4. The molecule has 8 aromatic carbocycles. The number of furan rings is 1. The number of hydrogen-bond donors (Lipinski definition) is 0. The molecule has 63 heavy (non-hydrogen) atoms. The van der Waals surface area contributed by atoms with E-state index in [4.69, 9.17) is 19.4 Å². The SMILES string of the molecule is c1ccc([Si](c2ccccc2)(c2ccccc2)c2cccc(-c3nc(-c4cccc(-c5cccc6c5oc5ccncc56)c4)nc(-n4c5ccccc5c5ccccc54)n3)c2)cc1. The molecule has 0 bridgehead atoms. The zero-order valence-corrected chi connectivity index (χ0v) is 35.0. The third kappa shape index (κ3) is 6.01. The number of aromatic nitrogens is 5. The largest absolute Gasteiger partial charge is 0.455 e. The molecule has 6 nitrogen and oxygen atoms in total. The van der Waals surface area contributed by atoms with Crippen molar-refractivity contribution in [2.24, 2.45) is 0 Å². The van der Waals surface area contributed by atoms with Crippen LogP contribution in [0.15, 0.2) is 229 Å². The van der Waals surface area contributed by atoms with Crippen LogP contribution in [0.3, 0.4) is 0 Å². The fraction of sp³-hybridized carbons (Fsp3) is 0. The third-order valence-corrected chi connectivity index (χ3v) is 17.1. The molecular weight excluding hydrogens is 787 g/mol. The highest BCUT2D eigenvalue weighted by Gasteiger charge is 2.41. The molecule has 4 heterocycles. The van der Waals surface area contributed by atoms with Gasteiger partial charge in [-0.15, -0.1) is 0 Å². The molecule has 0 radical (unpaired) electrons. The summed E-state index contributed by atoms with van der Waals surface area (Å²) in [7, 11) is -2.85. The highest BCUT2D eigenvalue weighted by molar-refractivity contribution is 7.19. The molecule has 0 amide bonds. The maximum atomic E-state index is 6.46.